The zero-order valence-electron chi connectivity index (χ0n) is 15.3. The van der Waals surface area contributed by atoms with E-state index in [1.807, 2.05) is 27.7 Å². The molecule has 2 rings (SSSR count). The lowest BCUT2D eigenvalue weighted by atomic mass is 9.78. The van der Waals surface area contributed by atoms with Crippen LogP contribution < -0.4 is 5.46 Å². The fraction of sp³-hybridized carbons (Fsp3) is 0.647. The first-order valence-electron chi connectivity index (χ1n) is 8.00. The van der Waals surface area contributed by atoms with E-state index in [0.717, 1.165) is 13.8 Å². The standard InChI is InChI=1S/C17H23BClF3O3/c1-14(2)15(3,4)25-18(24-14)12-7-11(8-13(19)9-12)10-23-16(5,6)17(20,21)22/h7-9H,10H2,1-6H3. The Morgan fingerprint density at radius 2 is 1.56 bits per heavy atom. The Labute approximate surface area is 151 Å². The van der Waals surface area contributed by atoms with Crippen LogP contribution in [0.5, 0.6) is 0 Å². The molecule has 0 spiro atoms. The van der Waals surface area contributed by atoms with Gasteiger partial charge in [-0.1, -0.05) is 17.7 Å². The monoisotopic (exact) mass is 378 g/mol. The van der Waals surface area contributed by atoms with E-state index in [2.05, 4.69) is 0 Å². The molecule has 3 nitrogen and oxygen atoms in total. The van der Waals surface area contributed by atoms with Gasteiger partial charge in [-0.3, -0.25) is 0 Å². The third-order valence-corrected chi connectivity index (χ3v) is 5.01. The maximum atomic E-state index is 12.9. The molecule has 0 saturated carbocycles. The van der Waals surface area contributed by atoms with Gasteiger partial charge in [0.25, 0.3) is 0 Å². The average Bonchev–Trinajstić information content (AvgIpc) is 2.63. The molecule has 25 heavy (non-hydrogen) atoms. The van der Waals surface area contributed by atoms with Crippen molar-refractivity contribution in [3.8, 4) is 0 Å². The van der Waals surface area contributed by atoms with Crippen molar-refractivity contribution in [1.82, 2.24) is 0 Å². The molecule has 0 N–H and O–H groups in total. The number of rotatable bonds is 4. The minimum absolute atomic E-state index is 0.223. The van der Waals surface area contributed by atoms with Crippen molar-refractivity contribution < 1.29 is 27.2 Å². The van der Waals surface area contributed by atoms with Crippen LogP contribution in [-0.4, -0.2) is 30.1 Å². The molecule has 1 aromatic rings. The van der Waals surface area contributed by atoms with Crippen LogP contribution in [0.4, 0.5) is 13.2 Å². The smallest absolute Gasteiger partial charge is 0.399 e. The van der Waals surface area contributed by atoms with Gasteiger partial charge in [-0.05, 0) is 64.7 Å². The topological polar surface area (TPSA) is 27.7 Å². The highest BCUT2D eigenvalue weighted by molar-refractivity contribution is 6.62. The SMILES string of the molecule is CC(C)(OCc1cc(Cl)cc(B2OC(C)(C)C(C)(C)O2)c1)C(F)(F)F. The van der Waals surface area contributed by atoms with Crippen molar-refractivity contribution in [1.29, 1.82) is 0 Å². The minimum Gasteiger partial charge on any atom is -0.399 e. The molecule has 140 valence electrons. The average molecular weight is 379 g/mol. The summed E-state index contributed by atoms with van der Waals surface area (Å²) in [5.74, 6) is 0. The van der Waals surface area contributed by atoms with Gasteiger partial charge in [0, 0.05) is 5.02 Å². The summed E-state index contributed by atoms with van der Waals surface area (Å²) in [6.45, 7) is 9.46. The Hall–Kier alpha value is -0.755. The Kier molecular flexibility index (Phi) is 5.30. The summed E-state index contributed by atoms with van der Waals surface area (Å²) in [6, 6.07) is 4.95. The summed E-state index contributed by atoms with van der Waals surface area (Å²) >= 11 is 6.12. The number of benzene rings is 1. The minimum atomic E-state index is -4.46. The van der Waals surface area contributed by atoms with Crippen LogP contribution in [-0.2, 0) is 20.7 Å². The molecule has 1 aliphatic rings. The highest BCUT2D eigenvalue weighted by atomic mass is 35.5. The summed E-state index contributed by atoms with van der Waals surface area (Å²) in [5, 5.41) is 0.385. The maximum Gasteiger partial charge on any atom is 0.494 e. The summed E-state index contributed by atoms with van der Waals surface area (Å²) in [6.07, 6.45) is -4.46. The summed E-state index contributed by atoms with van der Waals surface area (Å²) < 4.78 is 55.7. The van der Waals surface area contributed by atoms with Crippen LogP contribution >= 0.6 is 11.6 Å². The van der Waals surface area contributed by atoms with Crippen molar-refractivity contribution in [2.24, 2.45) is 0 Å². The third kappa shape index (κ3) is 4.33. The number of alkyl halides is 3. The molecule has 0 amide bonds. The fourth-order valence-corrected chi connectivity index (χ4v) is 2.49. The second kappa shape index (κ2) is 6.45. The predicted molar refractivity (Wildman–Crippen MR) is 92.1 cm³/mol. The van der Waals surface area contributed by atoms with Gasteiger partial charge in [0.15, 0.2) is 5.60 Å². The van der Waals surface area contributed by atoms with Gasteiger partial charge in [0.1, 0.15) is 0 Å². The largest absolute Gasteiger partial charge is 0.494 e. The van der Waals surface area contributed by atoms with E-state index in [1.54, 1.807) is 18.2 Å². The van der Waals surface area contributed by atoms with Crippen LogP contribution in [0, 0.1) is 0 Å². The molecule has 1 fully saturated rings. The zero-order chi connectivity index (χ0) is 19.3. The van der Waals surface area contributed by atoms with Gasteiger partial charge in [0.2, 0.25) is 0 Å². The Morgan fingerprint density at radius 3 is 2.04 bits per heavy atom. The zero-order valence-corrected chi connectivity index (χ0v) is 16.0. The van der Waals surface area contributed by atoms with Crippen LogP contribution in [0.3, 0.4) is 0 Å². The van der Waals surface area contributed by atoms with Crippen molar-refractivity contribution >= 4 is 24.2 Å². The molecule has 0 aliphatic carbocycles. The number of hydrogen-bond donors (Lipinski definition) is 0. The molecule has 0 aromatic heterocycles. The van der Waals surface area contributed by atoms with Gasteiger partial charge >= 0.3 is 13.3 Å². The lowest BCUT2D eigenvalue weighted by molar-refractivity contribution is -0.267. The lowest BCUT2D eigenvalue weighted by Crippen LogP contribution is -2.41. The van der Waals surface area contributed by atoms with E-state index in [0.29, 0.717) is 16.0 Å². The molecule has 8 heteroatoms. The number of ether oxygens (including phenoxy) is 1. The molecular weight excluding hydrogens is 355 g/mol. The van der Waals surface area contributed by atoms with Crippen LogP contribution in [0.1, 0.15) is 47.1 Å². The summed E-state index contributed by atoms with van der Waals surface area (Å²) in [5.41, 5.74) is -2.12. The van der Waals surface area contributed by atoms with Crippen LogP contribution in [0.15, 0.2) is 18.2 Å². The normalized spacial score (nSPS) is 20.2. The van der Waals surface area contributed by atoms with Gasteiger partial charge in [-0.15, -0.1) is 0 Å². The van der Waals surface area contributed by atoms with Crippen molar-refractivity contribution in [2.45, 2.75) is 71.1 Å². The first kappa shape index (κ1) is 20.6. The predicted octanol–water partition coefficient (Wildman–Crippen LogP) is 4.50. The van der Waals surface area contributed by atoms with Gasteiger partial charge in [0.05, 0.1) is 17.8 Å². The van der Waals surface area contributed by atoms with Crippen molar-refractivity contribution in [3.63, 3.8) is 0 Å². The summed E-state index contributed by atoms with van der Waals surface area (Å²) in [7, 11) is -0.641. The molecule has 0 bridgehead atoms. The van der Waals surface area contributed by atoms with Crippen molar-refractivity contribution in [3.05, 3.63) is 28.8 Å². The van der Waals surface area contributed by atoms with Gasteiger partial charge in [-0.25, -0.2) is 0 Å². The maximum absolute atomic E-state index is 12.9. The lowest BCUT2D eigenvalue weighted by Gasteiger charge is -2.32. The second-order valence-corrected chi connectivity index (χ2v) is 8.21. The molecule has 0 unspecified atom stereocenters. The summed E-state index contributed by atoms with van der Waals surface area (Å²) in [4.78, 5) is 0. The van der Waals surface area contributed by atoms with Gasteiger partial charge in [-0.2, -0.15) is 13.2 Å². The quantitative estimate of drug-likeness (QED) is 0.722. The van der Waals surface area contributed by atoms with E-state index in [9.17, 15) is 13.2 Å². The van der Waals surface area contributed by atoms with Crippen LogP contribution in [0.25, 0.3) is 0 Å². The van der Waals surface area contributed by atoms with E-state index in [4.69, 9.17) is 25.6 Å². The van der Waals surface area contributed by atoms with E-state index >= 15 is 0 Å². The van der Waals surface area contributed by atoms with E-state index in [-0.39, 0.29) is 6.61 Å². The molecule has 1 saturated heterocycles. The Morgan fingerprint density at radius 1 is 1.04 bits per heavy atom. The molecule has 1 aromatic carbocycles. The fourth-order valence-electron chi connectivity index (χ4n) is 2.22. The Balaban J connectivity index is 2.19. The van der Waals surface area contributed by atoms with E-state index in [1.165, 1.54) is 0 Å². The molecule has 1 aliphatic heterocycles. The molecule has 0 atom stereocenters. The third-order valence-electron chi connectivity index (χ3n) is 4.79. The number of hydrogen-bond acceptors (Lipinski definition) is 3. The second-order valence-electron chi connectivity index (χ2n) is 7.78. The molecular formula is C17H23BClF3O3. The first-order chi connectivity index (χ1) is 11.1. The molecule has 1 heterocycles. The molecule has 0 radical (unpaired) electrons. The number of halogens is 4. The van der Waals surface area contributed by atoms with E-state index < -0.39 is 30.1 Å². The highest BCUT2D eigenvalue weighted by Crippen LogP contribution is 2.37. The Bertz CT molecular complexity index is 629. The first-order valence-corrected chi connectivity index (χ1v) is 8.38. The van der Waals surface area contributed by atoms with Crippen molar-refractivity contribution in [2.75, 3.05) is 0 Å². The highest BCUT2D eigenvalue weighted by Gasteiger charge is 2.52. The van der Waals surface area contributed by atoms with Gasteiger partial charge < -0.3 is 14.0 Å². The van der Waals surface area contributed by atoms with Crippen LogP contribution in [0.2, 0.25) is 5.02 Å².